The maximum atomic E-state index is 11.3. The summed E-state index contributed by atoms with van der Waals surface area (Å²) in [6, 6.07) is 0. The second kappa shape index (κ2) is 4.89. The molecule has 0 unspecified atom stereocenters. The van der Waals surface area contributed by atoms with Crippen molar-refractivity contribution < 1.29 is 9.90 Å². The monoisotopic (exact) mass is 281 g/mol. The molecule has 1 fully saturated rings. The standard InChI is InChI=1S/C15H23NO2S/c1-14(2)7-5-10(6-8-14)12-16-11(9-19-12)15(3,4)13(17)18/h9-10H,5-8H2,1-4H3,(H,17,18). The summed E-state index contributed by atoms with van der Waals surface area (Å²) >= 11 is 1.63. The Morgan fingerprint density at radius 2 is 2.00 bits per heavy atom. The van der Waals surface area contributed by atoms with E-state index in [-0.39, 0.29) is 0 Å². The minimum absolute atomic E-state index is 0.455. The van der Waals surface area contributed by atoms with Gasteiger partial charge in [-0.05, 0) is 44.9 Å². The Balaban J connectivity index is 2.12. The summed E-state index contributed by atoms with van der Waals surface area (Å²) in [6.45, 7) is 8.09. The zero-order valence-corrected chi connectivity index (χ0v) is 13.0. The molecule has 1 aromatic rings. The predicted octanol–water partition coefficient (Wildman–Crippen LogP) is 4.19. The molecule has 1 saturated carbocycles. The molecule has 0 aliphatic heterocycles. The van der Waals surface area contributed by atoms with Gasteiger partial charge in [-0.25, -0.2) is 4.98 Å². The first-order valence-electron chi connectivity index (χ1n) is 6.92. The number of aliphatic carboxylic acids is 1. The van der Waals surface area contributed by atoms with Crippen LogP contribution in [0.1, 0.15) is 70.0 Å². The average Bonchev–Trinajstić information content (AvgIpc) is 2.78. The van der Waals surface area contributed by atoms with Crippen molar-refractivity contribution in [3.63, 3.8) is 0 Å². The number of aromatic nitrogens is 1. The van der Waals surface area contributed by atoms with E-state index in [1.54, 1.807) is 25.2 Å². The van der Waals surface area contributed by atoms with Gasteiger partial charge in [-0.3, -0.25) is 4.79 Å². The van der Waals surface area contributed by atoms with Crippen molar-refractivity contribution >= 4 is 17.3 Å². The van der Waals surface area contributed by atoms with Gasteiger partial charge in [0, 0.05) is 11.3 Å². The second-order valence-corrected chi connectivity index (χ2v) is 7.83. The SMILES string of the molecule is CC1(C)CCC(c2nc(C(C)(C)C(=O)O)cs2)CC1. The molecule has 0 bridgehead atoms. The summed E-state index contributed by atoms with van der Waals surface area (Å²) in [7, 11) is 0. The number of hydrogen-bond donors (Lipinski definition) is 1. The normalized spacial score (nSPS) is 20.4. The number of hydrogen-bond acceptors (Lipinski definition) is 3. The molecule has 1 aromatic heterocycles. The first-order valence-corrected chi connectivity index (χ1v) is 7.80. The maximum Gasteiger partial charge on any atom is 0.315 e. The maximum absolute atomic E-state index is 11.3. The lowest BCUT2D eigenvalue weighted by Gasteiger charge is -2.33. The molecule has 1 N–H and O–H groups in total. The fourth-order valence-electron chi connectivity index (χ4n) is 2.52. The van der Waals surface area contributed by atoms with E-state index in [4.69, 9.17) is 0 Å². The molecule has 0 atom stereocenters. The fraction of sp³-hybridized carbons (Fsp3) is 0.733. The second-order valence-electron chi connectivity index (χ2n) is 6.94. The number of rotatable bonds is 3. The van der Waals surface area contributed by atoms with E-state index < -0.39 is 11.4 Å². The number of carboxylic acid groups (broad SMARTS) is 1. The number of carboxylic acids is 1. The molecule has 3 nitrogen and oxygen atoms in total. The van der Waals surface area contributed by atoms with Crippen LogP contribution in [0.4, 0.5) is 0 Å². The van der Waals surface area contributed by atoms with Gasteiger partial charge in [0.1, 0.15) is 5.41 Å². The topological polar surface area (TPSA) is 50.2 Å². The zero-order valence-electron chi connectivity index (χ0n) is 12.2. The zero-order chi connectivity index (χ0) is 14.3. The fourth-order valence-corrected chi connectivity index (χ4v) is 3.68. The highest BCUT2D eigenvalue weighted by Crippen LogP contribution is 2.43. The van der Waals surface area contributed by atoms with Crippen molar-refractivity contribution in [1.82, 2.24) is 4.98 Å². The highest BCUT2D eigenvalue weighted by molar-refractivity contribution is 7.09. The van der Waals surface area contributed by atoms with Crippen LogP contribution < -0.4 is 0 Å². The van der Waals surface area contributed by atoms with E-state index in [1.807, 2.05) is 5.38 Å². The van der Waals surface area contributed by atoms with Crippen molar-refractivity contribution in [2.24, 2.45) is 5.41 Å². The lowest BCUT2D eigenvalue weighted by Crippen LogP contribution is -2.29. The first-order chi connectivity index (χ1) is 8.72. The van der Waals surface area contributed by atoms with Gasteiger partial charge in [0.15, 0.2) is 0 Å². The van der Waals surface area contributed by atoms with Crippen molar-refractivity contribution in [1.29, 1.82) is 0 Å². The van der Waals surface area contributed by atoms with Crippen molar-refractivity contribution in [3.05, 3.63) is 16.1 Å². The van der Waals surface area contributed by atoms with E-state index in [0.717, 1.165) is 5.01 Å². The number of carbonyl (C=O) groups is 1. The summed E-state index contributed by atoms with van der Waals surface area (Å²) in [5, 5.41) is 12.3. The molecule has 0 saturated heterocycles. The minimum atomic E-state index is -0.886. The van der Waals surface area contributed by atoms with Crippen molar-refractivity contribution in [3.8, 4) is 0 Å². The lowest BCUT2D eigenvalue weighted by molar-refractivity contribution is -0.142. The summed E-state index contributed by atoms with van der Waals surface area (Å²) in [5.41, 5.74) is 0.268. The van der Waals surface area contributed by atoms with Crippen LogP contribution in [-0.4, -0.2) is 16.1 Å². The molecule has 2 rings (SSSR count). The van der Waals surface area contributed by atoms with Crippen LogP contribution in [0.15, 0.2) is 5.38 Å². The third kappa shape index (κ3) is 2.99. The Hall–Kier alpha value is -0.900. The molecule has 4 heteroatoms. The smallest absolute Gasteiger partial charge is 0.315 e. The van der Waals surface area contributed by atoms with E-state index in [0.29, 0.717) is 17.0 Å². The van der Waals surface area contributed by atoms with Gasteiger partial charge < -0.3 is 5.11 Å². The molecule has 0 radical (unpaired) electrons. The summed E-state index contributed by atoms with van der Waals surface area (Å²) < 4.78 is 0. The molecular weight excluding hydrogens is 258 g/mol. The van der Waals surface area contributed by atoms with Gasteiger partial charge in [0.2, 0.25) is 0 Å². The Morgan fingerprint density at radius 3 is 2.53 bits per heavy atom. The molecule has 0 amide bonds. The highest BCUT2D eigenvalue weighted by atomic mass is 32.1. The van der Waals surface area contributed by atoms with Gasteiger partial charge in [-0.1, -0.05) is 13.8 Å². The molecular formula is C15H23NO2S. The van der Waals surface area contributed by atoms with Gasteiger partial charge in [0.05, 0.1) is 10.7 Å². The highest BCUT2D eigenvalue weighted by Gasteiger charge is 2.34. The first kappa shape index (κ1) is 14.5. The van der Waals surface area contributed by atoms with Crippen molar-refractivity contribution in [2.75, 3.05) is 0 Å². The Labute approximate surface area is 119 Å². The van der Waals surface area contributed by atoms with Crippen LogP contribution in [0.5, 0.6) is 0 Å². The minimum Gasteiger partial charge on any atom is -0.481 e. The van der Waals surface area contributed by atoms with Crippen LogP contribution in [0.3, 0.4) is 0 Å². The Morgan fingerprint density at radius 1 is 1.42 bits per heavy atom. The number of thiazole rings is 1. The van der Waals surface area contributed by atoms with Crippen LogP contribution in [0, 0.1) is 5.41 Å². The lowest BCUT2D eigenvalue weighted by atomic mass is 9.73. The molecule has 1 aliphatic rings. The molecule has 0 aromatic carbocycles. The van der Waals surface area contributed by atoms with E-state index in [2.05, 4.69) is 18.8 Å². The van der Waals surface area contributed by atoms with E-state index in [9.17, 15) is 9.90 Å². The third-order valence-electron chi connectivity index (χ3n) is 4.39. The van der Waals surface area contributed by atoms with Crippen molar-refractivity contribution in [2.45, 2.75) is 64.7 Å². The Bertz CT molecular complexity index is 466. The van der Waals surface area contributed by atoms with Gasteiger partial charge in [0.25, 0.3) is 0 Å². The molecule has 106 valence electrons. The van der Waals surface area contributed by atoms with Crippen LogP contribution in [0.2, 0.25) is 0 Å². The molecule has 0 spiro atoms. The molecule has 1 aliphatic carbocycles. The van der Waals surface area contributed by atoms with Gasteiger partial charge in [-0.2, -0.15) is 0 Å². The van der Waals surface area contributed by atoms with E-state index in [1.165, 1.54) is 25.7 Å². The third-order valence-corrected chi connectivity index (χ3v) is 5.39. The number of nitrogens with zero attached hydrogens (tertiary/aromatic N) is 1. The largest absolute Gasteiger partial charge is 0.481 e. The molecule has 19 heavy (non-hydrogen) atoms. The van der Waals surface area contributed by atoms with Gasteiger partial charge >= 0.3 is 5.97 Å². The quantitative estimate of drug-likeness (QED) is 0.903. The summed E-state index contributed by atoms with van der Waals surface area (Å²) in [5.74, 6) is -0.287. The van der Waals surface area contributed by atoms with Crippen LogP contribution in [-0.2, 0) is 10.2 Å². The van der Waals surface area contributed by atoms with Gasteiger partial charge in [-0.15, -0.1) is 11.3 Å². The summed E-state index contributed by atoms with van der Waals surface area (Å²) in [6.07, 6.45) is 4.81. The van der Waals surface area contributed by atoms with E-state index >= 15 is 0 Å². The Kier molecular flexibility index (Phi) is 3.74. The van der Waals surface area contributed by atoms with Crippen LogP contribution >= 0.6 is 11.3 Å². The molecule has 1 heterocycles. The average molecular weight is 281 g/mol. The van der Waals surface area contributed by atoms with Crippen LogP contribution in [0.25, 0.3) is 0 Å². The predicted molar refractivity (Wildman–Crippen MR) is 77.8 cm³/mol. The summed E-state index contributed by atoms with van der Waals surface area (Å²) in [4.78, 5) is 15.9.